The molecule has 0 aliphatic heterocycles. The summed E-state index contributed by atoms with van der Waals surface area (Å²) >= 11 is 6.02. The molecular weight excluding hydrogens is 876 g/mol. The highest BCUT2D eigenvalue weighted by molar-refractivity contribution is 7.92. The number of nitrogens with one attached hydrogen (secondary N) is 3. The van der Waals surface area contributed by atoms with Gasteiger partial charge in [0, 0.05) is 59.7 Å². The number of aromatic nitrogens is 8. The third kappa shape index (κ3) is 8.86. The van der Waals surface area contributed by atoms with Crippen LogP contribution < -0.4 is 15.0 Å². The van der Waals surface area contributed by atoms with Crippen molar-refractivity contribution in [2.45, 2.75) is 40.8 Å². The van der Waals surface area contributed by atoms with Crippen LogP contribution in [0.15, 0.2) is 71.8 Å². The molecule has 62 heavy (non-hydrogen) atoms. The van der Waals surface area contributed by atoms with Crippen molar-refractivity contribution >= 4 is 76.3 Å². The highest BCUT2D eigenvalue weighted by Crippen LogP contribution is 2.33. The largest absolute Gasteiger partial charge is 0.357 e. The molecule has 0 unspecified atom stereocenters. The Morgan fingerprint density at radius 2 is 1.21 bits per heavy atom. The summed E-state index contributed by atoms with van der Waals surface area (Å²) in [6.45, 7) is 6.43. The van der Waals surface area contributed by atoms with Gasteiger partial charge in [-0.25, -0.2) is 54.3 Å². The van der Waals surface area contributed by atoms with Crippen LogP contribution in [0.3, 0.4) is 0 Å². The monoisotopic (exact) mass is 912 g/mol. The Kier molecular flexibility index (Phi) is 11.9. The van der Waals surface area contributed by atoms with Gasteiger partial charge in [-0.3, -0.25) is 14.2 Å². The fourth-order valence-corrected chi connectivity index (χ4v) is 8.09. The predicted molar refractivity (Wildman–Crippen MR) is 229 cm³/mol. The summed E-state index contributed by atoms with van der Waals surface area (Å²) in [5, 5.41) is 0.675. The molecule has 3 N–H and O–H groups in total. The maximum atomic E-state index is 14.5. The van der Waals surface area contributed by atoms with Crippen LogP contribution in [-0.2, 0) is 40.2 Å². The second-order valence-corrected chi connectivity index (χ2v) is 18.5. The SMILES string of the molecule is CCS(=O)(=O)Nc1cc(-c2cn(C)c(=O)c3[nH]ccc23)nc2c1nc(C)n2Cc1ccc(F)cc1F.CCS(=O)(=O)Nc1cc(Cl)nc2c1nc(C)n2Cc1ccc(F)cc1F. The zero-order chi connectivity index (χ0) is 44.8. The number of anilines is 2. The van der Waals surface area contributed by atoms with Crippen LogP contribution in [0.5, 0.6) is 0 Å². The molecule has 6 heterocycles. The van der Waals surface area contributed by atoms with Crippen LogP contribution in [0, 0.1) is 37.1 Å². The first-order valence-corrected chi connectivity index (χ1v) is 22.4. The minimum Gasteiger partial charge on any atom is -0.357 e. The van der Waals surface area contributed by atoms with Crippen LogP contribution in [0.4, 0.5) is 28.9 Å². The fourth-order valence-electron chi connectivity index (χ4n) is 6.63. The Balaban J connectivity index is 0.000000197. The lowest BCUT2D eigenvalue weighted by atomic mass is 10.1. The summed E-state index contributed by atoms with van der Waals surface area (Å²) in [6.07, 6.45) is 3.26. The first-order valence-electron chi connectivity index (χ1n) is 18.7. The second-order valence-electron chi connectivity index (χ2n) is 14.1. The molecule has 0 saturated heterocycles. The van der Waals surface area contributed by atoms with Gasteiger partial charge in [-0.2, -0.15) is 0 Å². The quantitative estimate of drug-likeness (QED) is 0.0893. The van der Waals surface area contributed by atoms with E-state index in [1.165, 1.54) is 42.7 Å². The summed E-state index contributed by atoms with van der Waals surface area (Å²) in [7, 11) is -5.61. The van der Waals surface area contributed by atoms with Gasteiger partial charge < -0.3 is 18.7 Å². The van der Waals surface area contributed by atoms with Crippen LogP contribution >= 0.6 is 11.6 Å². The maximum Gasteiger partial charge on any atom is 0.274 e. The highest BCUT2D eigenvalue weighted by atomic mass is 35.5. The van der Waals surface area contributed by atoms with Crippen molar-refractivity contribution in [1.82, 2.24) is 38.6 Å². The standard InChI is InChI=1S/C24H22F2N6O3S.C16H15ClF2N4O2S/c1-4-36(34,35)30-20-10-19(17-12-31(3)24(33)21-16(17)7-8-27-21)29-23-22(20)28-13(2)32(23)11-14-5-6-15(25)9-18(14)26;1-3-26(24,25)22-13-7-14(17)21-16-15(13)20-9(2)23(16)8-10-4-5-11(18)6-12(10)19/h5-10,12,27H,4,11H2,1-3H3,(H,29,30);4-7H,3,8H2,1-2H3,(H,21,22). The van der Waals surface area contributed by atoms with E-state index in [0.29, 0.717) is 50.6 Å². The average Bonchev–Trinajstić information content (AvgIpc) is 3.91. The van der Waals surface area contributed by atoms with E-state index in [9.17, 15) is 39.2 Å². The topological polar surface area (TPSA) is 192 Å². The van der Waals surface area contributed by atoms with Crippen LogP contribution in [0.2, 0.25) is 5.15 Å². The van der Waals surface area contributed by atoms with Gasteiger partial charge in [-0.05, 0) is 52.0 Å². The molecule has 324 valence electrons. The molecule has 15 nitrogen and oxygen atoms in total. The maximum absolute atomic E-state index is 14.5. The molecule has 8 rings (SSSR count). The smallest absolute Gasteiger partial charge is 0.274 e. The van der Waals surface area contributed by atoms with Gasteiger partial charge in [0.1, 0.15) is 56.6 Å². The van der Waals surface area contributed by atoms with Crippen molar-refractivity contribution in [3.05, 3.63) is 129 Å². The van der Waals surface area contributed by atoms with Crippen LogP contribution in [0.25, 0.3) is 44.5 Å². The summed E-state index contributed by atoms with van der Waals surface area (Å²) in [5.74, 6) is -2.10. The first-order chi connectivity index (χ1) is 29.3. The molecule has 22 heteroatoms. The summed E-state index contributed by atoms with van der Waals surface area (Å²) < 4.78 is 113. The van der Waals surface area contributed by atoms with Gasteiger partial charge >= 0.3 is 0 Å². The van der Waals surface area contributed by atoms with Crippen LogP contribution in [0.1, 0.15) is 36.6 Å². The van der Waals surface area contributed by atoms with E-state index in [4.69, 9.17) is 16.6 Å². The van der Waals surface area contributed by atoms with E-state index < -0.39 is 43.3 Å². The number of H-pyrrole nitrogens is 1. The van der Waals surface area contributed by atoms with Crippen molar-refractivity contribution in [3.63, 3.8) is 0 Å². The lowest BCUT2D eigenvalue weighted by Crippen LogP contribution is -2.17. The molecule has 0 spiro atoms. The minimum atomic E-state index is -3.67. The first kappa shape index (κ1) is 43.8. The number of fused-ring (bicyclic) bond motifs is 3. The lowest BCUT2D eigenvalue weighted by Gasteiger charge is -2.12. The number of aryl methyl sites for hydroxylation is 3. The van der Waals surface area contributed by atoms with E-state index in [1.54, 1.807) is 54.6 Å². The van der Waals surface area contributed by atoms with Gasteiger partial charge in [0.05, 0.1) is 41.7 Å². The number of hydrogen-bond acceptors (Lipinski definition) is 9. The molecule has 0 atom stereocenters. The molecule has 6 aromatic heterocycles. The van der Waals surface area contributed by atoms with E-state index in [0.717, 1.165) is 18.2 Å². The number of sulfonamides is 2. The molecule has 0 radical (unpaired) electrons. The van der Waals surface area contributed by atoms with Gasteiger partial charge in [0.2, 0.25) is 20.0 Å². The average molecular weight is 913 g/mol. The highest BCUT2D eigenvalue weighted by Gasteiger charge is 2.22. The van der Waals surface area contributed by atoms with Crippen molar-refractivity contribution in [2.75, 3.05) is 20.9 Å². The minimum absolute atomic E-state index is 0.00227. The summed E-state index contributed by atoms with van der Waals surface area (Å²) in [6, 6.07) is 11.3. The Morgan fingerprint density at radius 1 is 0.710 bits per heavy atom. The number of benzene rings is 2. The summed E-state index contributed by atoms with van der Waals surface area (Å²) in [4.78, 5) is 33.3. The van der Waals surface area contributed by atoms with E-state index >= 15 is 0 Å². The normalized spacial score (nSPS) is 12.0. The second kappa shape index (κ2) is 16.9. The molecule has 0 aliphatic rings. The number of halogens is 5. The van der Waals surface area contributed by atoms with E-state index in [1.807, 2.05) is 0 Å². The molecule has 8 aromatic rings. The summed E-state index contributed by atoms with van der Waals surface area (Å²) in [5.41, 5.74) is 3.18. The zero-order valence-corrected chi connectivity index (χ0v) is 35.9. The molecule has 0 bridgehead atoms. The van der Waals surface area contributed by atoms with Gasteiger partial charge in [-0.1, -0.05) is 23.7 Å². The van der Waals surface area contributed by atoms with E-state index in [-0.39, 0.29) is 63.3 Å². The third-order valence-corrected chi connectivity index (χ3v) is 12.7. The number of hydrogen-bond donors (Lipinski definition) is 3. The fraction of sp³-hybridized carbons (Fsp3) is 0.225. The zero-order valence-electron chi connectivity index (χ0n) is 33.6. The molecule has 2 aromatic carbocycles. The molecular formula is C40H37ClF4N10O5S2. The number of rotatable bonds is 11. The Labute approximate surface area is 356 Å². The number of aromatic amines is 1. The number of imidazole rings is 2. The number of pyridine rings is 3. The Bertz CT molecular complexity index is 3350. The molecule has 0 amide bonds. The van der Waals surface area contributed by atoms with Crippen molar-refractivity contribution < 1.29 is 34.4 Å². The van der Waals surface area contributed by atoms with E-state index in [2.05, 4.69) is 29.4 Å². The Hall–Kier alpha value is -6.32. The molecule has 0 fully saturated rings. The molecule has 0 aliphatic carbocycles. The predicted octanol–water partition coefficient (Wildman–Crippen LogP) is 7.16. The number of nitrogens with zero attached hydrogens (tertiary/aromatic N) is 7. The van der Waals surface area contributed by atoms with Crippen molar-refractivity contribution in [3.8, 4) is 11.3 Å². The van der Waals surface area contributed by atoms with Crippen LogP contribution in [-0.4, -0.2) is 67.0 Å². The van der Waals surface area contributed by atoms with Gasteiger partial charge in [0.15, 0.2) is 11.3 Å². The van der Waals surface area contributed by atoms with Gasteiger partial charge in [-0.15, -0.1) is 0 Å². The lowest BCUT2D eigenvalue weighted by molar-refractivity contribution is 0.565. The third-order valence-electron chi connectivity index (χ3n) is 9.91. The molecule has 0 saturated carbocycles. The Morgan fingerprint density at radius 3 is 1.71 bits per heavy atom. The van der Waals surface area contributed by atoms with Gasteiger partial charge in [0.25, 0.3) is 5.56 Å². The van der Waals surface area contributed by atoms with Crippen molar-refractivity contribution in [1.29, 1.82) is 0 Å². The van der Waals surface area contributed by atoms with Crippen molar-refractivity contribution in [2.24, 2.45) is 7.05 Å².